The number of amides is 2. The van der Waals surface area contributed by atoms with Gasteiger partial charge in [-0.05, 0) is 13.3 Å². The van der Waals surface area contributed by atoms with Crippen LogP contribution in [-0.4, -0.2) is 41.8 Å². The van der Waals surface area contributed by atoms with E-state index >= 15 is 0 Å². The van der Waals surface area contributed by atoms with Gasteiger partial charge < -0.3 is 20.5 Å². The summed E-state index contributed by atoms with van der Waals surface area (Å²) in [6, 6.07) is -0.302. The van der Waals surface area contributed by atoms with Crippen molar-refractivity contribution in [3.8, 4) is 0 Å². The highest BCUT2D eigenvalue weighted by atomic mass is 32.1. The fourth-order valence-corrected chi connectivity index (χ4v) is 1.94. The number of aromatic carboxylic acids is 1. The zero-order valence-electron chi connectivity index (χ0n) is 10.6. The van der Waals surface area contributed by atoms with Crippen LogP contribution in [0, 0.1) is 0 Å². The van der Waals surface area contributed by atoms with E-state index in [4.69, 9.17) is 9.84 Å². The van der Waals surface area contributed by atoms with E-state index < -0.39 is 5.97 Å². The Bertz CT molecular complexity index is 422. The molecule has 106 valence electrons. The van der Waals surface area contributed by atoms with E-state index in [1.807, 2.05) is 6.92 Å². The van der Waals surface area contributed by atoms with Gasteiger partial charge in [0.25, 0.3) is 0 Å². The molecule has 1 rings (SSSR count). The third-order valence-electron chi connectivity index (χ3n) is 2.13. The number of carboxylic acids is 1. The van der Waals surface area contributed by atoms with E-state index in [1.165, 1.54) is 16.7 Å². The smallest absolute Gasteiger partial charge is 0.355 e. The number of hydrogen-bond donors (Lipinski definition) is 3. The molecule has 0 bridgehead atoms. The number of rotatable bonds is 8. The van der Waals surface area contributed by atoms with Crippen molar-refractivity contribution in [1.29, 1.82) is 0 Å². The molecule has 0 aliphatic heterocycles. The van der Waals surface area contributed by atoms with Gasteiger partial charge in [0.2, 0.25) is 0 Å². The van der Waals surface area contributed by atoms with Crippen LogP contribution >= 0.6 is 11.3 Å². The van der Waals surface area contributed by atoms with Crippen molar-refractivity contribution in [2.45, 2.75) is 19.9 Å². The second-order valence-electron chi connectivity index (χ2n) is 3.59. The Hall–Kier alpha value is -1.67. The van der Waals surface area contributed by atoms with Crippen molar-refractivity contribution in [3.63, 3.8) is 0 Å². The summed E-state index contributed by atoms with van der Waals surface area (Å²) < 4.78 is 5.13. The molecule has 8 heteroatoms. The molecule has 1 aromatic rings. The molecule has 0 unspecified atom stereocenters. The molecule has 2 amide bonds. The lowest BCUT2D eigenvalue weighted by Crippen LogP contribution is -2.35. The van der Waals surface area contributed by atoms with Gasteiger partial charge in [0.05, 0.1) is 6.54 Å². The summed E-state index contributed by atoms with van der Waals surface area (Å²) in [7, 11) is 0. The predicted molar refractivity (Wildman–Crippen MR) is 70.4 cm³/mol. The van der Waals surface area contributed by atoms with E-state index in [0.29, 0.717) is 24.8 Å². The van der Waals surface area contributed by atoms with Crippen LogP contribution in [-0.2, 0) is 11.3 Å². The summed E-state index contributed by atoms with van der Waals surface area (Å²) in [6.07, 6.45) is 0.752. The average Bonchev–Trinajstić information content (AvgIpc) is 2.85. The number of carbonyl (C=O) groups excluding carboxylic acids is 1. The van der Waals surface area contributed by atoms with E-state index in [-0.39, 0.29) is 18.3 Å². The quantitative estimate of drug-likeness (QED) is 0.621. The van der Waals surface area contributed by atoms with Crippen molar-refractivity contribution < 1.29 is 19.4 Å². The lowest BCUT2D eigenvalue weighted by molar-refractivity contribution is 0.0691. The van der Waals surface area contributed by atoms with Gasteiger partial charge in [0, 0.05) is 25.1 Å². The first-order chi connectivity index (χ1) is 9.13. The molecular formula is C11H17N3O4S. The first-order valence-corrected chi connectivity index (χ1v) is 6.78. The molecular weight excluding hydrogens is 270 g/mol. The molecule has 0 saturated carbocycles. The van der Waals surface area contributed by atoms with Gasteiger partial charge in [-0.25, -0.2) is 14.6 Å². The second-order valence-corrected chi connectivity index (χ2v) is 4.53. The Morgan fingerprint density at radius 2 is 2.26 bits per heavy atom. The lowest BCUT2D eigenvalue weighted by atomic mass is 10.4. The topological polar surface area (TPSA) is 101 Å². The Morgan fingerprint density at radius 1 is 1.47 bits per heavy atom. The van der Waals surface area contributed by atoms with Gasteiger partial charge >= 0.3 is 12.0 Å². The van der Waals surface area contributed by atoms with Gasteiger partial charge in [0.1, 0.15) is 5.01 Å². The zero-order chi connectivity index (χ0) is 14.1. The summed E-state index contributed by atoms with van der Waals surface area (Å²) in [5.41, 5.74) is -0.000998. The monoisotopic (exact) mass is 287 g/mol. The third-order valence-corrected chi connectivity index (χ3v) is 2.97. The Kier molecular flexibility index (Phi) is 6.83. The number of nitrogens with zero attached hydrogens (tertiary/aromatic N) is 1. The molecule has 0 spiro atoms. The highest BCUT2D eigenvalue weighted by molar-refractivity contribution is 7.09. The summed E-state index contributed by atoms with van der Waals surface area (Å²) in [5.74, 6) is -1.07. The van der Waals surface area contributed by atoms with Crippen LogP contribution in [0.2, 0.25) is 0 Å². The minimum Gasteiger partial charge on any atom is -0.476 e. The summed E-state index contributed by atoms with van der Waals surface area (Å²) in [4.78, 5) is 25.9. The maximum atomic E-state index is 11.4. The molecule has 0 aliphatic rings. The summed E-state index contributed by atoms with van der Waals surface area (Å²) in [6.45, 7) is 3.95. The van der Waals surface area contributed by atoms with Gasteiger partial charge in [-0.3, -0.25) is 0 Å². The minimum atomic E-state index is -1.07. The molecule has 0 radical (unpaired) electrons. The molecule has 1 heterocycles. The van der Waals surface area contributed by atoms with Crippen LogP contribution in [0.5, 0.6) is 0 Å². The highest BCUT2D eigenvalue weighted by Crippen LogP contribution is 2.09. The molecule has 3 N–H and O–H groups in total. The summed E-state index contributed by atoms with van der Waals surface area (Å²) in [5, 5.41) is 16.0. The van der Waals surface area contributed by atoms with Gasteiger partial charge in [0.15, 0.2) is 5.69 Å². The Morgan fingerprint density at radius 3 is 2.89 bits per heavy atom. The first kappa shape index (κ1) is 15.4. The van der Waals surface area contributed by atoms with Crippen molar-refractivity contribution in [2.75, 3.05) is 19.8 Å². The highest BCUT2D eigenvalue weighted by Gasteiger charge is 2.09. The average molecular weight is 287 g/mol. The maximum absolute atomic E-state index is 11.4. The minimum absolute atomic E-state index is 0.000998. The fraction of sp³-hybridized carbons (Fsp3) is 0.545. The van der Waals surface area contributed by atoms with Gasteiger partial charge in [-0.15, -0.1) is 11.3 Å². The number of aromatic nitrogens is 1. The second kappa shape index (κ2) is 8.44. The molecule has 0 aromatic carbocycles. The molecule has 7 nitrogen and oxygen atoms in total. The van der Waals surface area contributed by atoms with Crippen LogP contribution in [0.4, 0.5) is 4.79 Å². The van der Waals surface area contributed by atoms with Crippen LogP contribution in [0.3, 0.4) is 0 Å². The van der Waals surface area contributed by atoms with E-state index in [0.717, 1.165) is 6.42 Å². The molecule has 0 aliphatic carbocycles. The van der Waals surface area contributed by atoms with Crippen molar-refractivity contribution in [2.24, 2.45) is 0 Å². The SMILES string of the molecule is CCOCCCNC(=O)NCc1nc(C(=O)O)cs1. The zero-order valence-corrected chi connectivity index (χ0v) is 11.5. The molecule has 0 fully saturated rings. The van der Waals surface area contributed by atoms with Crippen LogP contribution in [0.1, 0.15) is 28.8 Å². The number of ether oxygens (including phenoxy) is 1. The fourth-order valence-electron chi connectivity index (χ4n) is 1.23. The predicted octanol–water partition coefficient (Wildman–Crippen LogP) is 1.07. The third kappa shape index (κ3) is 6.16. The lowest BCUT2D eigenvalue weighted by Gasteiger charge is -2.06. The van der Waals surface area contributed by atoms with Crippen LogP contribution < -0.4 is 10.6 Å². The standard InChI is InChI=1S/C11H17N3O4S/c1-2-18-5-3-4-12-11(17)13-6-9-14-8(7-19-9)10(15)16/h7H,2-6H2,1H3,(H,15,16)(H2,12,13,17). The number of nitrogens with one attached hydrogen (secondary N) is 2. The number of carboxylic acid groups (broad SMARTS) is 1. The van der Waals surface area contributed by atoms with E-state index in [2.05, 4.69) is 15.6 Å². The van der Waals surface area contributed by atoms with Crippen molar-refractivity contribution in [1.82, 2.24) is 15.6 Å². The van der Waals surface area contributed by atoms with Crippen LogP contribution in [0.15, 0.2) is 5.38 Å². The maximum Gasteiger partial charge on any atom is 0.355 e. The van der Waals surface area contributed by atoms with E-state index in [1.54, 1.807) is 0 Å². The molecule has 0 saturated heterocycles. The number of thiazole rings is 1. The molecule has 19 heavy (non-hydrogen) atoms. The largest absolute Gasteiger partial charge is 0.476 e. The normalized spacial score (nSPS) is 10.2. The van der Waals surface area contributed by atoms with Gasteiger partial charge in [-0.2, -0.15) is 0 Å². The number of carbonyl (C=O) groups is 2. The van der Waals surface area contributed by atoms with E-state index in [9.17, 15) is 9.59 Å². The number of urea groups is 1. The number of hydrogen-bond acceptors (Lipinski definition) is 5. The van der Waals surface area contributed by atoms with Crippen molar-refractivity contribution in [3.05, 3.63) is 16.1 Å². The van der Waals surface area contributed by atoms with Crippen molar-refractivity contribution >= 4 is 23.3 Å². The molecule has 1 aromatic heterocycles. The van der Waals surface area contributed by atoms with Gasteiger partial charge in [-0.1, -0.05) is 0 Å². The Balaban J connectivity index is 2.17. The Labute approximate surface area is 115 Å². The summed E-state index contributed by atoms with van der Waals surface area (Å²) >= 11 is 1.20. The first-order valence-electron chi connectivity index (χ1n) is 5.90. The van der Waals surface area contributed by atoms with Crippen LogP contribution in [0.25, 0.3) is 0 Å². The molecule has 0 atom stereocenters.